The summed E-state index contributed by atoms with van der Waals surface area (Å²) in [4.78, 5) is 21.0. The molecule has 2 heterocycles. The van der Waals surface area contributed by atoms with Crippen LogP contribution in [0.5, 0.6) is 11.5 Å². The summed E-state index contributed by atoms with van der Waals surface area (Å²) in [6.45, 7) is 1.78. The average Bonchev–Trinajstić information content (AvgIpc) is 3.31. The number of ether oxygens (including phenoxy) is 2. The normalized spacial score (nSPS) is 10.9. The zero-order valence-electron chi connectivity index (χ0n) is 19.0. The summed E-state index contributed by atoms with van der Waals surface area (Å²) < 4.78 is 11.3. The van der Waals surface area contributed by atoms with Crippen LogP contribution in [0.1, 0.15) is 10.6 Å². The molecule has 174 valence electrons. The van der Waals surface area contributed by atoms with Crippen LogP contribution >= 0.6 is 11.3 Å². The molecule has 0 amide bonds. The molecule has 0 aliphatic carbocycles. The van der Waals surface area contributed by atoms with Crippen LogP contribution in [0.15, 0.2) is 85.2 Å². The number of aliphatic carboxylic acids is 1. The van der Waals surface area contributed by atoms with E-state index in [1.807, 2.05) is 43.5 Å². The Morgan fingerprint density at radius 2 is 1.80 bits per heavy atom. The molecule has 35 heavy (non-hydrogen) atoms. The van der Waals surface area contributed by atoms with Gasteiger partial charge in [-0.3, -0.25) is 4.98 Å². The Hall–Kier alpha value is -4.23. The third-order valence-electron chi connectivity index (χ3n) is 5.48. The lowest BCUT2D eigenvalue weighted by atomic mass is 10.0. The van der Waals surface area contributed by atoms with E-state index in [4.69, 9.17) is 19.6 Å². The minimum Gasteiger partial charge on any atom is -0.486 e. The average molecular weight is 483 g/mol. The van der Waals surface area contributed by atoms with Crippen LogP contribution in [-0.4, -0.2) is 27.7 Å². The van der Waals surface area contributed by atoms with E-state index in [-0.39, 0.29) is 6.61 Å². The Morgan fingerprint density at radius 3 is 2.57 bits per heavy atom. The van der Waals surface area contributed by atoms with Crippen molar-refractivity contribution in [1.29, 1.82) is 0 Å². The van der Waals surface area contributed by atoms with Crippen molar-refractivity contribution in [2.24, 2.45) is 0 Å². The van der Waals surface area contributed by atoms with Gasteiger partial charge in [0.05, 0.1) is 10.6 Å². The highest BCUT2D eigenvalue weighted by Crippen LogP contribution is 2.38. The summed E-state index contributed by atoms with van der Waals surface area (Å²) in [7, 11) is 0. The van der Waals surface area contributed by atoms with E-state index < -0.39 is 5.97 Å². The molecule has 3 aromatic carbocycles. The van der Waals surface area contributed by atoms with Crippen LogP contribution in [0.3, 0.4) is 0 Å². The summed E-state index contributed by atoms with van der Waals surface area (Å²) in [5.41, 5.74) is 3.76. The van der Waals surface area contributed by atoms with E-state index in [1.165, 1.54) is 5.39 Å². The largest absolute Gasteiger partial charge is 0.486 e. The second-order valence-electron chi connectivity index (χ2n) is 7.99. The number of fused-ring (bicyclic) bond motifs is 1. The second kappa shape index (κ2) is 9.95. The van der Waals surface area contributed by atoms with Crippen LogP contribution in [0.25, 0.3) is 32.5 Å². The fourth-order valence-electron chi connectivity index (χ4n) is 3.81. The molecule has 1 N–H and O–H groups in total. The van der Waals surface area contributed by atoms with E-state index in [9.17, 15) is 4.79 Å². The number of carbonyl (C=O) groups is 1. The standard InChI is InChI=1S/C28H22N2O4S/c1-18-13-23(10-11-24(18)34-17-26(31)32)33-16-25-30-27(28(35-25)22-7-4-12-29-15-22)21-9-8-19-5-2-3-6-20(19)14-21/h2-15H,16-17H2,1H3,(H,31,32). The van der Waals surface area contributed by atoms with Crippen molar-refractivity contribution in [2.75, 3.05) is 6.61 Å². The molecule has 0 unspecified atom stereocenters. The summed E-state index contributed by atoms with van der Waals surface area (Å²) in [5, 5.41) is 12.0. The van der Waals surface area contributed by atoms with Crippen LogP contribution in [0.4, 0.5) is 0 Å². The summed E-state index contributed by atoms with van der Waals surface area (Å²) in [6, 6.07) is 23.9. The van der Waals surface area contributed by atoms with Gasteiger partial charge in [0.25, 0.3) is 0 Å². The lowest BCUT2D eigenvalue weighted by Gasteiger charge is -2.09. The highest BCUT2D eigenvalue weighted by atomic mass is 32.1. The molecule has 0 radical (unpaired) electrons. The summed E-state index contributed by atoms with van der Waals surface area (Å²) in [5.74, 6) is 0.169. The molecular formula is C28H22N2O4S. The monoisotopic (exact) mass is 482 g/mol. The molecule has 0 spiro atoms. The number of carboxylic acids is 1. The van der Waals surface area contributed by atoms with E-state index in [0.29, 0.717) is 18.1 Å². The van der Waals surface area contributed by atoms with Gasteiger partial charge in [-0.25, -0.2) is 9.78 Å². The van der Waals surface area contributed by atoms with Crippen molar-refractivity contribution in [3.05, 3.63) is 95.8 Å². The highest BCUT2D eigenvalue weighted by Gasteiger charge is 2.16. The Balaban J connectivity index is 1.42. The van der Waals surface area contributed by atoms with Crippen molar-refractivity contribution in [3.63, 3.8) is 0 Å². The quantitative estimate of drug-likeness (QED) is 0.277. The van der Waals surface area contributed by atoms with E-state index in [2.05, 4.69) is 35.3 Å². The van der Waals surface area contributed by atoms with Crippen molar-refractivity contribution >= 4 is 28.1 Å². The maximum atomic E-state index is 10.7. The Bertz CT molecular complexity index is 1500. The van der Waals surface area contributed by atoms with Gasteiger partial charge in [-0.1, -0.05) is 42.5 Å². The minimum absolute atomic E-state index is 0.306. The number of benzene rings is 3. The first-order valence-corrected chi connectivity index (χ1v) is 11.9. The predicted octanol–water partition coefficient (Wildman–Crippen LogP) is 6.38. The highest BCUT2D eigenvalue weighted by molar-refractivity contribution is 7.15. The number of thiazole rings is 1. The molecule has 5 rings (SSSR count). The zero-order valence-corrected chi connectivity index (χ0v) is 19.8. The fourth-order valence-corrected chi connectivity index (χ4v) is 4.80. The van der Waals surface area contributed by atoms with Crippen molar-refractivity contribution in [1.82, 2.24) is 9.97 Å². The van der Waals surface area contributed by atoms with Crippen molar-refractivity contribution < 1.29 is 19.4 Å². The fraction of sp³-hybridized carbons (Fsp3) is 0.107. The first kappa shape index (κ1) is 22.6. The topological polar surface area (TPSA) is 81.5 Å². The number of carboxylic acid groups (broad SMARTS) is 1. The first-order valence-electron chi connectivity index (χ1n) is 11.0. The van der Waals surface area contributed by atoms with Gasteiger partial charge in [0.2, 0.25) is 0 Å². The smallest absolute Gasteiger partial charge is 0.341 e. The molecule has 0 saturated carbocycles. The summed E-state index contributed by atoms with van der Waals surface area (Å²) in [6.07, 6.45) is 3.61. The molecular weight excluding hydrogens is 460 g/mol. The molecule has 0 atom stereocenters. The molecule has 7 heteroatoms. The van der Waals surface area contributed by atoms with Gasteiger partial charge in [0.15, 0.2) is 6.61 Å². The van der Waals surface area contributed by atoms with Gasteiger partial charge in [-0.05, 0) is 53.6 Å². The second-order valence-corrected chi connectivity index (χ2v) is 9.07. The van der Waals surface area contributed by atoms with Crippen LogP contribution < -0.4 is 9.47 Å². The third kappa shape index (κ3) is 5.15. The molecule has 0 aliphatic rings. The maximum absolute atomic E-state index is 10.7. The van der Waals surface area contributed by atoms with Gasteiger partial charge in [0, 0.05) is 23.5 Å². The van der Waals surface area contributed by atoms with Crippen LogP contribution in [0.2, 0.25) is 0 Å². The van der Waals surface area contributed by atoms with Crippen LogP contribution in [0, 0.1) is 6.92 Å². The molecule has 0 fully saturated rings. The zero-order chi connectivity index (χ0) is 24.2. The third-order valence-corrected chi connectivity index (χ3v) is 6.56. The Labute approximate surface area is 206 Å². The molecule has 0 saturated heterocycles. The first-order chi connectivity index (χ1) is 17.1. The van der Waals surface area contributed by atoms with Gasteiger partial charge < -0.3 is 14.6 Å². The number of rotatable bonds is 8. The number of hydrogen-bond donors (Lipinski definition) is 1. The molecule has 0 aliphatic heterocycles. The van der Waals surface area contributed by atoms with E-state index in [0.717, 1.165) is 37.7 Å². The Morgan fingerprint density at radius 1 is 0.943 bits per heavy atom. The number of aromatic nitrogens is 2. The maximum Gasteiger partial charge on any atom is 0.341 e. The number of pyridine rings is 1. The van der Waals surface area contributed by atoms with Gasteiger partial charge in [-0.15, -0.1) is 11.3 Å². The number of nitrogens with zero attached hydrogens (tertiary/aromatic N) is 2. The van der Waals surface area contributed by atoms with E-state index >= 15 is 0 Å². The molecule has 2 aromatic heterocycles. The lowest BCUT2D eigenvalue weighted by molar-refractivity contribution is -0.139. The Kier molecular flexibility index (Phi) is 6.41. The number of hydrogen-bond acceptors (Lipinski definition) is 6. The molecule has 0 bridgehead atoms. The van der Waals surface area contributed by atoms with Gasteiger partial charge in [0.1, 0.15) is 23.1 Å². The lowest BCUT2D eigenvalue weighted by Crippen LogP contribution is -2.10. The number of aryl methyl sites for hydroxylation is 1. The van der Waals surface area contributed by atoms with E-state index in [1.54, 1.807) is 29.7 Å². The van der Waals surface area contributed by atoms with Gasteiger partial charge in [-0.2, -0.15) is 0 Å². The SMILES string of the molecule is Cc1cc(OCc2nc(-c3ccc4ccccc4c3)c(-c3cccnc3)s2)ccc1OCC(=O)O. The molecule has 5 aromatic rings. The van der Waals surface area contributed by atoms with Crippen LogP contribution in [-0.2, 0) is 11.4 Å². The van der Waals surface area contributed by atoms with Crippen molar-refractivity contribution in [3.8, 4) is 33.2 Å². The summed E-state index contributed by atoms with van der Waals surface area (Å²) >= 11 is 1.58. The van der Waals surface area contributed by atoms with Gasteiger partial charge >= 0.3 is 5.97 Å². The molecule has 6 nitrogen and oxygen atoms in total. The predicted molar refractivity (Wildman–Crippen MR) is 137 cm³/mol. The minimum atomic E-state index is -1.01. The van der Waals surface area contributed by atoms with Crippen molar-refractivity contribution in [2.45, 2.75) is 13.5 Å².